The second-order valence-electron chi connectivity index (χ2n) is 14.6. The minimum absolute atomic E-state index is 0.686. The predicted molar refractivity (Wildman–Crippen MR) is 244 cm³/mol. The Balaban J connectivity index is 0.972. The predicted octanol–water partition coefficient (Wildman–Crippen LogP) is 13.9. The maximum atomic E-state index is 5.19. The SMILES string of the molecule is c1ccc(-c2cc(-c3ccccc3)cc(-c3cc(-c4ccc(-c5ccc(-c6nc7ccccc7c7c6ccc6nsnc67)cc5)cc4)nc(-c4ccccc4)n3)c2)cc1. The van der Waals surface area contributed by atoms with Gasteiger partial charge in [-0.2, -0.15) is 8.75 Å². The molecule has 0 spiro atoms. The lowest BCUT2D eigenvalue weighted by Gasteiger charge is -2.13. The summed E-state index contributed by atoms with van der Waals surface area (Å²) in [6.45, 7) is 0. The van der Waals surface area contributed by atoms with Crippen molar-refractivity contribution in [2.24, 2.45) is 0 Å². The van der Waals surface area contributed by atoms with Crippen LogP contribution in [-0.2, 0) is 0 Å². The minimum Gasteiger partial charge on any atom is -0.247 e. The summed E-state index contributed by atoms with van der Waals surface area (Å²) in [6, 6.07) is 69.9. The van der Waals surface area contributed by atoms with Crippen LogP contribution in [-0.4, -0.2) is 23.7 Å². The van der Waals surface area contributed by atoms with Gasteiger partial charge in [0.2, 0.25) is 0 Å². The van der Waals surface area contributed by atoms with Gasteiger partial charge in [-0.05, 0) is 75.8 Å². The third-order valence-corrected chi connectivity index (χ3v) is 11.5. The van der Waals surface area contributed by atoms with Crippen molar-refractivity contribution in [2.45, 2.75) is 0 Å². The number of rotatable bonds is 7. The quantitative estimate of drug-likeness (QED) is 0.151. The first-order chi connectivity index (χ1) is 29.2. The highest BCUT2D eigenvalue weighted by molar-refractivity contribution is 7.00. The molecule has 6 heteroatoms. The first-order valence-corrected chi connectivity index (χ1v) is 20.3. The highest BCUT2D eigenvalue weighted by Gasteiger charge is 2.17. The summed E-state index contributed by atoms with van der Waals surface area (Å²) in [7, 11) is 0. The van der Waals surface area contributed by atoms with Gasteiger partial charge < -0.3 is 0 Å². The molecule has 0 radical (unpaired) electrons. The molecule has 0 unspecified atom stereocenters. The van der Waals surface area contributed by atoms with Crippen molar-refractivity contribution in [2.75, 3.05) is 0 Å². The average Bonchev–Trinajstić information content (AvgIpc) is 3.81. The molecule has 0 saturated carbocycles. The molecule has 0 aliphatic heterocycles. The van der Waals surface area contributed by atoms with Crippen LogP contribution in [0.15, 0.2) is 200 Å². The van der Waals surface area contributed by atoms with E-state index in [1.807, 2.05) is 30.3 Å². The van der Waals surface area contributed by atoms with E-state index in [4.69, 9.17) is 15.0 Å². The van der Waals surface area contributed by atoms with Crippen LogP contribution in [0.3, 0.4) is 0 Å². The number of aromatic nitrogens is 5. The fraction of sp³-hybridized carbons (Fsp3) is 0. The van der Waals surface area contributed by atoms with E-state index in [9.17, 15) is 0 Å². The molecule has 0 aliphatic rings. The maximum Gasteiger partial charge on any atom is 0.160 e. The van der Waals surface area contributed by atoms with Gasteiger partial charge >= 0.3 is 0 Å². The Labute approximate surface area is 345 Å². The monoisotopic (exact) mass is 771 g/mol. The Morgan fingerprint density at radius 3 is 1.46 bits per heavy atom. The molecule has 0 amide bonds. The molecular weight excluding hydrogens is 739 g/mol. The lowest BCUT2D eigenvalue weighted by molar-refractivity contribution is 1.18. The molecule has 0 fully saturated rings. The first-order valence-electron chi connectivity index (χ1n) is 19.6. The van der Waals surface area contributed by atoms with E-state index in [2.05, 4.69) is 179 Å². The molecule has 11 aromatic rings. The van der Waals surface area contributed by atoms with Crippen molar-refractivity contribution in [1.82, 2.24) is 23.7 Å². The van der Waals surface area contributed by atoms with Gasteiger partial charge in [-0.15, -0.1) is 0 Å². The molecule has 59 heavy (non-hydrogen) atoms. The summed E-state index contributed by atoms with van der Waals surface area (Å²) in [5.41, 5.74) is 16.3. The van der Waals surface area contributed by atoms with E-state index in [1.165, 1.54) is 11.7 Å². The zero-order chi connectivity index (χ0) is 39.1. The number of hydrogen-bond acceptors (Lipinski definition) is 6. The van der Waals surface area contributed by atoms with E-state index in [0.29, 0.717) is 5.82 Å². The van der Waals surface area contributed by atoms with Gasteiger partial charge in [0.05, 0.1) is 34.3 Å². The van der Waals surface area contributed by atoms with E-state index >= 15 is 0 Å². The molecule has 11 rings (SSSR count). The van der Waals surface area contributed by atoms with E-state index in [0.717, 1.165) is 105 Å². The van der Waals surface area contributed by atoms with Gasteiger partial charge in [0, 0.05) is 38.4 Å². The van der Waals surface area contributed by atoms with Crippen LogP contribution in [0.25, 0.3) is 111 Å². The Morgan fingerprint density at radius 1 is 0.305 bits per heavy atom. The third kappa shape index (κ3) is 6.52. The first kappa shape index (κ1) is 34.6. The number of pyridine rings is 1. The van der Waals surface area contributed by atoms with Crippen molar-refractivity contribution in [3.05, 3.63) is 200 Å². The Bertz CT molecular complexity index is 3230. The van der Waals surface area contributed by atoms with Crippen molar-refractivity contribution in [1.29, 1.82) is 0 Å². The molecule has 0 aliphatic carbocycles. The summed E-state index contributed by atoms with van der Waals surface area (Å²) in [4.78, 5) is 15.5. The van der Waals surface area contributed by atoms with Gasteiger partial charge in [0.15, 0.2) is 5.82 Å². The van der Waals surface area contributed by atoms with Crippen LogP contribution in [0, 0.1) is 0 Å². The van der Waals surface area contributed by atoms with Gasteiger partial charge in [-0.1, -0.05) is 158 Å². The second kappa shape index (κ2) is 14.7. The summed E-state index contributed by atoms with van der Waals surface area (Å²) in [6.07, 6.45) is 0. The minimum atomic E-state index is 0.686. The smallest absolute Gasteiger partial charge is 0.160 e. The number of para-hydroxylation sites is 1. The molecule has 5 nitrogen and oxygen atoms in total. The van der Waals surface area contributed by atoms with Crippen LogP contribution in [0.5, 0.6) is 0 Å². The second-order valence-corrected chi connectivity index (χ2v) is 15.1. The number of benzene rings is 8. The average molecular weight is 772 g/mol. The molecule has 276 valence electrons. The highest BCUT2D eigenvalue weighted by atomic mass is 32.1. The van der Waals surface area contributed by atoms with Gasteiger partial charge in [-0.3, -0.25) is 0 Å². The molecule has 3 aromatic heterocycles. The van der Waals surface area contributed by atoms with Gasteiger partial charge in [-0.25, -0.2) is 15.0 Å². The zero-order valence-corrected chi connectivity index (χ0v) is 32.5. The lowest BCUT2D eigenvalue weighted by Crippen LogP contribution is -1.96. The number of hydrogen-bond donors (Lipinski definition) is 0. The molecule has 0 bridgehead atoms. The molecular formula is C53H33N5S. The van der Waals surface area contributed by atoms with Crippen molar-refractivity contribution in [3.63, 3.8) is 0 Å². The topological polar surface area (TPSA) is 64.5 Å². The molecule has 0 N–H and O–H groups in total. The Hall–Kier alpha value is -7.67. The fourth-order valence-electron chi connectivity index (χ4n) is 7.99. The van der Waals surface area contributed by atoms with Crippen LogP contribution < -0.4 is 0 Å². The number of nitrogens with zero attached hydrogens (tertiary/aromatic N) is 5. The zero-order valence-electron chi connectivity index (χ0n) is 31.7. The van der Waals surface area contributed by atoms with Crippen LogP contribution in [0.4, 0.5) is 0 Å². The largest absolute Gasteiger partial charge is 0.247 e. The Kier molecular flexibility index (Phi) is 8.60. The number of fused-ring (bicyclic) bond motifs is 5. The summed E-state index contributed by atoms with van der Waals surface area (Å²) < 4.78 is 9.19. The highest BCUT2D eigenvalue weighted by Crippen LogP contribution is 2.38. The van der Waals surface area contributed by atoms with Crippen molar-refractivity contribution >= 4 is 44.4 Å². The third-order valence-electron chi connectivity index (χ3n) is 11.0. The Morgan fingerprint density at radius 2 is 0.814 bits per heavy atom. The summed E-state index contributed by atoms with van der Waals surface area (Å²) in [5, 5.41) is 3.26. The van der Waals surface area contributed by atoms with Crippen molar-refractivity contribution in [3.8, 4) is 78.5 Å². The summed E-state index contributed by atoms with van der Waals surface area (Å²) in [5.74, 6) is 0.686. The normalized spacial score (nSPS) is 11.4. The van der Waals surface area contributed by atoms with Gasteiger partial charge in [0.25, 0.3) is 0 Å². The van der Waals surface area contributed by atoms with E-state index < -0.39 is 0 Å². The van der Waals surface area contributed by atoms with E-state index in [-0.39, 0.29) is 0 Å². The maximum absolute atomic E-state index is 5.19. The molecule has 0 saturated heterocycles. The molecule has 3 heterocycles. The molecule has 8 aromatic carbocycles. The summed E-state index contributed by atoms with van der Waals surface area (Å²) >= 11 is 1.25. The van der Waals surface area contributed by atoms with E-state index in [1.54, 1.807) is 0 Å². The van der Waals surface area contributed by atoms with Gasteiger partial charge in [0.1, 0.15) is 11.0 Å². The standard InChI is InChI=1S/C53H33N5S/c1-4-12-34(13-5-1)41-30-42(35-14-6-2-7-15-35)32-43(31-41)49-33-48(55-53(56-49)40-16-8-3-9-17-40)38-24-20-36(21-25-38)37-22-26-39(27-23-37)51-45-28-29-47-52(58-59-57-47)50(45)44-18-10-11-19-46(44)54-51/h1-33H. The van der Waals surface area contributed by atoms with Crippen LogP contribution in [0.2, 0.25) is 0 Å². The van der Waals surface area contributed by atoms with Crippen LogP contribution in [0.1, 0.15) is 0 Å². The van der Waals surface area contributed by atoms with Crippen molar-refractivity contribution < 1.29 is 0 Å². The molecule has 0 atom stereocenters. The fourth-order valence-corrected chi connectivity index (χ4v) is 8.53. The lowest BCUT2D eigenvalue weighted by atomic mass is 9.94. The van der Waals surface area contributed by atoms with Crippen LogP contribution >= 0.6 is 11.7 Å².